The third-order valence-electron chi connectivity index (χ3n) is 9.44. The number of Topliss-reactive ketones (excluding diaryl/α,β-unsaturated/α-hetero) is 1. The summed E-state index contributed by atoms with van der Waals surface area (Å²) in [7, 11) is 0. The zero-order valence-electron chi connectivity index (χ0n) is 16.5. The van der Waals surface area contributed by atoms with Gasteiger partial charge in [0.2, 0.25) is 0 Å². The van der Waals surface area contributed by atoms with Gasteiger partial charge in [-0.05, 0) is 36.7 Å². The Hall–Kier alpha value is -0.710. The van der Waals surface area contributed by atoms with Gasteiger partial charge in [-0.25, -0.2) is 0 Å². The maximum atomic E-state index is 13.8. The molecule has 26 heavy (non-hydrogen) atoms. The second-order valence-corrected chi connectivity index (χ2v) is 10.2. The van der Waals surface area contributed by atoms with E-state index in [-0.39, 0.29) is 22.7 Å². The van der Waals surface area contributed by atoms with Crippen molar-refractivity contribution in [1.29, 1.82) is 0 Å². The number of aliphatic hydroxyl groups is 1. The summed E-state index contributed by atoms with van der Waals surface area (Å²) >= 11 is 0. The second kappa shape index (κ2) is 5.01. The molecule has 0 aromatic heterocycles. The number of allylic oxidation sites excluding steroid dienone is 1. The second-order valence-electron chi connectivity index (χ2n) is 10.2. The van der Waals surface area contributed by atoms with Gasteiger partial charge in [-0.3, -0.25) is 4.79 Å². The van der Waals surface area contributed by atoms with Crippen molar-refractivity contribution in [2.24, 2.45) is 34.0 Å². The molecule has 144 valence electrons. The molecule has 4 bridgehead atoms. The summed E-state index contributed by atoms with van der Waals surface area (Å²) in [6.07, 6.45) is 6.07. The van der Waals surface area contributed by atoms with E-state index in [1.165, 1.54) is 5.57 Å². The van der Waals surface area contributed by atoms with Crippen LogP contribution < -0.4 is 0 Å². The zero-order chi connectivity index (χ0) is 18.5. The number of hydrogen-bond donors (Lipinski definition) is 1. The molecule has 0 radical (unpaired) electrons. The number of carbonyl (C=O) groups excluding carboxylic acids is 1. The Morgan fingerprint density at radius 2 is 1.81 bits per heavy atom. The molecule has 0 aromatic rings. The lowest BCUT2D eigenvalue weighted by molar-refractivity contribution is -0.238. The zero-order valence-corrected chi connectivity index (χ0v) is 16.5. The Kier molecular flexibility index (Phi) is 3.35. The average molecular weight is 360 g/mol. The van der Waals surface area contributed by atoms with Crippen molar-refractivity contribution in [3.05, 3.63) is 11.6 Å². The molecule has 1 heterocycles. The summed E-state index contributed by atoms with van der Waals surface area (Å²) in [5, 5.41) is 11.4. The number of ether oxygens (including phenoxy) is 2. The van der Waals surface area contributed by atoms with Crippen LogP contribution in [0.4, 0.5) is 0 Å². The van der Waals surface area contributed by atoms with Crippen LogP contribution in [0, 0.1) is 34.0 Å². The molecule has 1 N–H and O–H groups in total. The van der Waals surface area contributed by atoms with Crippen LogP contribution in [0.25, 0.3) is 0 Å². The molecule has 4 heteroatoms. The van der Waals surface area contributed by atoms with E-state index in [9.17, 15) is 9.90 Å². The van der Waals surface area contributed by atoms with Crippen molar-refractivity contribution in [1.82, 2.24) is 0 Å². The van der Waals surface area contributed by atoms with Crippen molar-refractivity contribution in [2.75, 3.05) is 13.2 Å². The molecule has 2 unspecified atom stereocenters. The van der Waals surface area contributed by atoms with Crippen LogP contribution in [-0.2, 0) is 14.3 Å². The Balaban J connectivity index is 1.78. The summed E-state index contributed by atoms with van der Waals surface area (Å²) in [5.74, 6) is 0.204. The minimum atomic E-state index is -0.640. The molecular weight excluding hydrogens is 328 g/mol. The highest BCUT2D eigenvalue weighted by Crippen LogP contribution is 2.73. The number of carbonyl (C=O) groups is 1. The van der Waals surface area contributed by atoms with E-state index in [2.05, 4.69) is 33.8 Å². The molecule has 1 spiro atoms. The fraction of sp³-hybridized carbons (Fsp3) is 0.864. The quantitative estimate of drug-likeness (QED) is 0.672. The van der Waals surface area contributed by atoms with Gasteiger partial charge in [0.05, 0.1) is 19.3 Å². The molecule has 4 fully saturated rings. The van der Waals surface area contributed by atoms with Crippen molar-refractivity contribution < 1.29 is 19.4 Å². The largest absolute Gasteiger partial charge is 0.388 e. The van der Waals surface area contributed by atoms with Crippen LogP contribution in [0.2, 0.25) is 0 Å². The lowest BCUT2D eigenvalue weighted by Gasteiger charge is -2.59. The Morgan fingerprint density at radius 1 is 1.12 bits per heavy atom. The first kappa shape index (κ1) is 17.4. The fourth-order valence-electron chi connectivity index (χ4n) is 7.53. The molecule has 4 aliphatic carbocycles. The van der Waals surface area contributed by atoms with Crippen molar-refractivity contribution in [2.45, 2.75) is 71.7 Å². The van der Waals surface area contributed by atoms with Crippen LogP contribution >= 0.6 is 0 Å². The van der Waals surface area contributed by atoms with Gasteiger partial charge in [0.1, 0.15) is 5.78 Å². The molecule has 5 aliphatic rings. The molecule has 1 aliphatic heterocycles. The van der Waals surface area contributed by atoms with E-state index >= 15 is 0 Å². The first-order chi connectivity index (χ1) is 12.2. The van der Waals surface area contributed by atoms with Gasteiger partial charge in [-0.15, -0.1) is 0 Å². The Labute approximate surface area is 156 Å². The number of rotatable bonds is 0. The van der Waals surface area contributed by atoms with Crippen LogP contribution in [0.5, 0.6) is 0 Å². The van der Waals surface area contributed by atoms with E-state index in [0.717, 1.165) is 25.7 Å². The highest BCUT2D eigenvalue weighted by atomic mass is 16.7. The van der Waals surface area contributed by atoms with Crippen molar-refractivity contribution in [3.63, 3.8) is 0 Å². The summed E-state index contributed by atoms with van der Waals surface area (Å²) in [4.78, 5) is 13.8. The maximum absolute atomic E-state index is 13.8. The lowest BCUT2D eigenvalue weighted by atomic mass is 9.45. The van der Waals surface area contributed by atoms with Gasteiger partial charge in [0.15, 0.2) is 5.79 Å². The van der Waals surface area contributed by atoms with Gasteiger partial charge in [-0.1, -0.05) is 33.8 Å². The fourth-order valence-corrected chi connectivity index (χ4v) is 7.53. The number of fused-ring (bicyclic) bond motifs is 2. The monoisotopic (exact) mass is 360 g/mol. The third kappa shape index (κ3) is 1.71. The number of hydrogen-bond acceptors (Lipinski definition) is 4. The Morgan fingerprint density at radius 3 is 2.50 bits per heavy atom. The standard InChI is InChI=1S/C22H32O4/c1-13-5-6-21-7-8-22(25-9-10-26-22)18(21)20(13,4)16(23)12-19(3)14(2)11-15(21)17(19)24/h11,13-14,17-18,24H,5-10,12H2,1-4H3/t13?,14-,17+,18?,19+,20+,21+/m1/s1. The highest BCUT2D eigenvalue weighted by Gasteiger charge is 2.74. The summed E-state index contributed by atoms with van der Waals surface area (Å²) in [5.41, 5.74) is 0.200. The van der Waals surface area contributed by atoms with Crippen LogP contribution in [-0.4, -0.2) is 36.0 Å². The summed E-state index contributed by atoms with van der Waals surface area (Å²) in [6.45, 7) is 9.93. The summed E-state index contributed by atoms with van der Waals surface area (Å²) < 4.78 is 12.5. The smallest absolute Gasteiger partial charge is 0.173 e. The predicted octanol–water partition coefficient (Wildman–Crippen LogP) is 3.48. The highest BCUT2D eigenvalue weighted by molar-refractivity contribution is 5.87. The van der Waals surface area contributed by atoms with Crippen LogP contribution in [0.3, 0.4) is 0 Å². The lowest BCUT2D eigenvalue weighted by Crippen LogP contribution is -2.62. The molecule has 5 rings (SSSR count). The normalized spacial score (nSPS) is 54.8. The predicted molar refractivity (Wildman–Crippen MR) is 97.3 cm³/mol. The molecule has 7 atom stereocenters. The SMILES string of the molecule is CC1CC[C@@]23CCC4(OCCO4)C2[C@]1(C)C(=O)C[C@@]1(C)[C@H](C)C=C3[C@@H]1O. The first-order valence-electron chi connectivity index (χ1n) is 10.4. The molecule has 1 saturated heterocycles. The van der Waals surface area contributed by atoms with E-state index in [4.69, 9.17) is 9.47 Å². The van der Waals surface area contributed by atoms with Gasteiger partial charge >= 0.3 is 0 Å². The summed E-state index contributed by atoms with van der Waals surface area (Å²) in [6, 6.07) is 0. The van der Waals surface area contributed by atoms with Crippen LogP contribution in [0.1, 0.15) is 59.8 Å². The van der Waals surface area contributed by atoms with Gasteiger partial charge in [0, 0.05) is 35.0 Å². The topological polar surface area (TPSA) is 55.8 Å². The average Bonchev–Trinajstić information content (AvgIpc) is 3.26. The van der Waals surface area contributed by atoms with Crippen molar-refractivity contribution >= 4 is 5.78 Å². The number of aliphatic hydroxyl groups excluding tert-OH is 1. The maximum Gasteiger partial charge on any atom is 0.173 e. The number of ketones is 1. The third-order valence-corrected chi connectivity index (χ3v) is 9.44. The first-order valence-corrected chi connectivity index (χ1v) is 10.4. The Bertz CT molecular complexity index is 692. The molecule has 3 saturated carbocycles. The van der Waals surface area contributed by atoms with Gasteiger partial charge in [-0.2, -0.15) is 0 Å². The molecular formula is C22H32O4. The molecule has 0 amide bonds. The van der Waals surface area contributed by atoms with E-state index < -0.39 is 17.3 Å². The van der Waals surface area contributed by atoms with E-state index in [0.29, 0.717) is 31.3 Å². The minimum absolute atomic E-state index is 0.0111. The van der Waals surface area contributed by atoms with E-state index in [1.54, 1.807) is 0 Å². The van der Waals surface area contributed by atoms with Gasteiger partial charge < -0.3 is 14.6 Å². The molecule has 4 nitrogen and oxygen atoms in total. The van der Waals surface area contributed by atoms with Gasteiger partial charge in [0.25, 0.3) is 0 Å². The molecule has 0 aromatic carbocycles. The minimum Gasteiger partial charge on any atom is -0.388 e. The van der Waals surface area contributed by atoms with Crippen molar-refractivity contribution in [3.8, 4) is 0 Å². The van der Waals surface area contributed by atoms with Crippen LogP contribution in [0.15, 0.2) is 11.6 Å². The van der Waals surface area contributed by atoms with E-state index in [1.807, 2.05) is 0 Å².